The molecule has 0 amide bonds. The predicted octanol–water partition coefficient (Wildman–Crippen LogP) is 3.54. The van der Waals surface area contributed by atoms with Crippen molar-refractivity contribution < 1.29 is 12.8 Å². The lowest BCUT2D eigenvalue weighted by Crippen LogP contribution is -2.36. The van der Waals surface area contributed by atoms with Gasteiger partial charge in [-0.05, 0) is 44.8 Å². The SMILES string of the molecule is Cc1ccc(S(=O)(=O)N(CCN(C)C)Cc2ccccc2F)cc1Cl. The van der Waals surface area contributed by atoms with E-state index in [9.17, 15) is 12.8 Å². The first-order valence-corrected chi connectivity index (χ1v) is 9.68. The molecule has 4 nitrogen and oxygen atoms in total. The van der Waals surface area contributed by atoms with Crippen LogP contribution in [0, 0.1) is 12.7 Å². The summed E-state index contributed by atoms with van der Waals surface area (Å²) < 4.78 is 41.4. The third-order valence-corrected chi connectivity index (χ3v) is 6.13. The van der Waals surface area contributed by atoms with E-state index in [4.69, 9.17) is 11.6 Å². The van der Waals surface area contributed by atoms with Gasteiger partial charge in [0.2, 0.25) is 10.0 Å². The summed E-state index contributed by atoms with van der Waals surface area (Å²) in [6, 6.07) is 10.8. The number of sulfonamides is 1. The highest BCUT2D eigenvalue weighted by molar-refractivity contribution is 7.89. The summed E-state index contributed by atoms with van der Waals surface area (Å²) in [5.41, 5.74) is 1.14. The Morgan fingerprint density at radius 1 is 1.08 bits per heavy atom. The Hall–Kier alpha value is -1.47. The minimum atomic E-state index is -3.80. The highest BCUT2D eigenvalue weighted by Crippen LogP contribution is 2.24. The van der Waals surface area contributed by atoms with E-state index in [1.165, 1.54) is 22.5 Å². The summed E-state index contributed by atoms with van der Waals surface area (Å²) in [6.07, 6.45) is 0. The molecule has 136 valence electrons. The lowest BCUT2D eigenvalue weighted by atomic mass is 10.2. The molecule has 7 heteroatoms. The van der Waals surface area contributed by atoms with Crippen LogP contribution in [0.3, 0.4) is 0 Å². The fourth-order valence-electron chi connectivity index (χ4n) is 2.30. The number of nitrogens with zero attached hydrogens (tertiary/aromatic N) is 2. The van der Waals surface area contributed by atoms with E-state index < -0.39 is 15.8 Å². The number of rotatable bonds is 7. The zero-order valence-corrected chi connectivity index (χ0v) is 16.1. The van der Waals surface area contributed by atoms with Crippen molar-refractivity contribution in [3.63, 3.8) is 0 Å². The van der Waals surface area contributed by atoms with Crippen LogP contribution < -0.4 is 0 Å². The van der Waals surface area contributed by atoms with Gasteiger partial charge < -0.3 is 4.90 Å². The summed E-state index contributed by atoms with van der Waals surface area (Å²) in [5.74, 6) is -0.422. The molecule has 0 N–H and O–H groups in total. The molecule has 0 aliphatic heterocycles. The van der Waals surface area contributed by atoms with Gasteiger partial charge in [0.1, 0.15) is 5.82 Å². The van der Waals surface area contributed by atoms with Crippen LogP contribution in [0.25, 0.3) is 0 Å². The molecule has 2 rings (SSSR count). The molecule has 0 aliphatic carbocycles. The first kappa shape index (κ1) is 19.8. The van der Waals surface area contributed by atoms with Gasteiger partial charge in [-0.25, -0.2) is 12.8 Å². The van der Waals surface area contributed by atoms with Gasteiger partial charge in [0, 0.05) is 30.2 Å². The summed E-state index contributed by atoms with van der Waals surface area (Å²) >= 11 is 6.09. The van der Waals surface area contributed by atoms with Gasteiger partial charge in [0.05, 0.1) is 4.90 Å². The van der Waals surface area contributed by atoms with Gasteiger partial charge in [-0.1, -0.05) is 35.9 Å². The Balaban J connectivity index is 2.39. The summed E-state index contributed by atoms with van der Waals surface area (Å²) in [4.78, 5) is 1.99. The zero-order valence-electron chi connectivity index (χ0n) is 14.5. The average molecular weight is 385 g/mol. The van der Waals surface area contributed by atoms with Crippen LogP contribution >= 0.6 is 11.6 Å². The highest BCUT2D eigenvalue weighted by atomic mass is 35.5. The number of benzene rings is 2. The topological polar surface area (TPSA) is 40.6 Å². The maximum atomic E-state index is 14.0. The summed E-state index contributed by atoms with van der Waals surface area (Å²) in [5, 5.41) is 0.388. The van der Waals surface area contributed by atoms with Gasteiger partial charge in [0.15, 0.2) is 0 Å². The van der Waals surface area contributed by atoms with Crippen molar-refractivity contribution in [2.75, 3.05) is 27.2 Å². The molecule has 0 aliphatic rings. The number of hydrogen-bond acceptors (Lipinski definition) is 3. The molecule has 2 aromatic carbocycles. The van der Waals surface area contributed by atoms with Gasteiger partial charge in [-0.15, -0.1) is 0 Å². The van der Waals surface area contributed by atoms with Crippen LogP contribution in [0.15, 0.2) is 47.4 Å². The van der Waals surface area contributed by atoms with Crippen LogP contribution in [0.2, 0.25) is 5.02 Å². The van der Waals surface area contributed by atoms with Crippen molar-refractivity contribution in [3.8, 4) is 0 Å². The van der Waals surface area contributed by atoms with Gasteiger partial charge >= 0.3 is 0 Å². The summed E-state index contributed by atoms with van der Waals surface area (Å²) in [6.45, 7) is 2.54. The first-order valence-electron chi connectivity index (χ1n) is 7.86. The molecule has 2 aromatic rings. The van der Waals surface area contributed by atoms with Gasteiger partial charge in [-0.2, -0.15) is 4.31 Å². The largest absolute Gasteiger partial charge is 0.308 e. The van der Waals surface area contributed by atoms with Crippen molar-refractivity contribution >= 4 is 21.6 Å². The molecule has 0 heterocycles. The maximum Gasteiger partial charge on any atom is 0.243 e. The van der Waals surface area contributed by atoms with E-state index in [1.54, 1.807) is 24.3 Å². The summed E-state index contributed by atoms with van der Waals surface area (Å²) in [7, 11) is -0.0798. The fraction of sp³-hybridized carbons (Fsp3) is 0.333. The average Bonchev–Trinajstić information content (AvgIpc) is 2.55. The van der Waals surface area contributed by atoms with Crippen LogP contribution in [0.5, 0.6) is 0 Å². The van der Waals surface area contributed by atoms with Crippen molar-refractivity contribution in [1.29, 1.82) is 0 Å². The quantitative estimate of drug-likeness (QED) is 0.733. The van der Waals surface area contributed by atoms with E-state index in [0.717, 1.165) is 5.56 Å². The van der Waals surface area contributed by atoms with E-state index in [1.807, 2.05) is 25.9 Å². The van der Waals surface area contributed by atoms with E-state index in [2.05, 4.69) is 0 Å². The van der Waals surface area contributed by atoms with Crippen molar-refractivity contribution in [2.45, 2.75) is 18.4 Å². The van der Waals surface area contributed by atoms with Crippen molar-refractivity contribution in [2.24, 2.45) is 0 Å². The molecular weight excluding hydrogens is 363 g/mol. The highest BCUT2D eigenvalue weighted by Gasteiger charge is 2.26. The Morgan fingerprint density at radius 2 is 1.76 bits per heavy atom. The molecule has 0 radical (unpaired) electrons. The Kier molecular flexibility index (Phi) is 6.57. The Bertz CT molecular complexity index is 841. The number of aryl methyl sites for hydroxylation is 1. The Labute approximate surface area is 153 Å². The standard InChI is InChI=1S/C18H22ClFN2O2S/c1-14-8-9-16(12-17(14)19)25(23,24)22(11-10-21(2)3)13-15-6-4-5-7-18(15)20/h4-9,12H,10-11,13H2,1-3H3. The van der Waals surface area contributed by atoms with E-state index >= 15 is 0 Å². The van der Waals surface area contributed by atoms with Crippen molar-refractivity contribution in [1.82, 2.24) is 9.21 Å². The molecule has 0 fully saturated rings. The Morgan fingerprint density at radius 3 is 2.36 bits per heavy atom. The second kappa shape index (κ2) is 8.27. The van der Waals surface area contributed by atoms with Crippen molar-refractivity contribution in [3.05, 3.63) is 64.4 Å². The van der Waals surface area contributed by atoms with Gasteiger partial charge in [0.25, 0.3) is 0 Å². The third kappa shape index (κ3) is 5.01. The molecule has 0 bridgehead atoms. The van der Waals surface area contributed by atoms with E-state index in [0.29, 0.717) is 17.1 Å². The maximum absolute atomic E-state index is 14.0. The molecule has 0 saturated carbocycles. The van der Waals surface area contributed by atoms with E-state index in [-0.39, 0.29) is 18.0 Å². The molecule has 25 heavy (non-hydrogen) atoms. The monoisotopic (exact) mass is 384 g/mol. The first-order chi connectivity index (χ1) is 11.7. The molecule has 0 saturated heterocycles. The molecule has 0 spiro atoms. The fourth-order valence-corrected chi connectivity index (χ4v) is 3.98. The van der Waals surface area contributed by atoms with Gasteiger partial charge in [-0.3, -0.25) is 0 Å². The van der Waals surface area contributed by atoms with Crippen LogP contribution in [-0.4, -0.2) is 44.8 Å². The second-order valence-electron chi connectivity index (χ2n) is 6.14. The number of likely N-dealkylation sites (N-methyl/N-ethyl adjacent to an activating group) is 1. The molecular formula is C18H22ClFN2O2S. The molecule has 0 unspecified atom stereocenters. The van der Waals surface area contributed by atoms with Crippen LogP contribution in [0.4, 0.5) is 4.39 Å². The third-order valence-electron chi connectivity index (χ3n) is 3.88. The minimum absolute atomic E-state index is 0.0334. The predicted molar refractivity (Wildman–Crippen MR) is 98.7 cm³/mol. The lowest BCUT2D eigenvalue weighted by Gasteiger charge is -2.24. The molecule has 0 aromatic heterocycles. The molecule has 0 atom stereocenters. The normalized spacial score (nSPS) is 12.1. The number of hydrogen-bond donors (Lipinski definition) is 0. The minimum Gasteiger partial charge on any atom is -0.308 e. The lowest BCUT2D eigenvalue weighted by molar-refractivity contribution is 0.327. The van der Waals surface area contributed by atoms with Crippen LogP contribution in [-0.2, 0) is 16.6 Å². The van der Waals surface area contributed by atoms with Crippen LogP contribution in [0.1, 0.15) is 11.1 Å². The smallest absolute Gasteiger partial charge is 0.243 e. The number of halogens is 2. The zero-order chi connectivity index (χ0) is 18.6. The second-order valence-corrected chi connectivity index (χ2v) is 8.49.